The molecule has 2 aromatic carbocycles. The molecule has 0 saturated carbocycles. The number of hydrogen-bond donors (Lipinski definition) is 2. The molecule has 1 atom stereocenters. The molecule has 2 aromatic rings. The minimum Gasteiger partial charge on any atom is -0.307 e. The van der Waals surface area contributed by atoms with Gasteiger partial charge in [-0.25, -0.2) is 13.7 Å². The van der Waals surface area contributed by atoms with E-state index in [0.717, 1.165) is 24.5 Å². The van der Waals surface area contributed by atoms with Gasteiger partial charge in [0.15, 0.2) is 0 Å². The van der Waals surface area contributed by atoms with E-state index in [9.17, 15) is 30.6 Å². The van der Waals surface area contributed by atoms with Crippen molar-refractivity contribution in [3.8, 4) is 0 Å². The summed E-state index contributed by atoms with van der Waals surface area (Å²) >= 11 is 0. The number of benzene rings is 2. The lowest BCUT2D eigenvalue weighted by Crippen LogP contribution is -2.33. The molecule has 0 fully saturated rings. The van der Waals surface area contributed by atoms with Gasteiger partial charge in [-0.2, -0.15) is 21.6 Å². The van der Waals surface area contributed by atoms with Crippen molar-refractivity contribution < 1.29 is 30.6 Å². The summed E-state index contributed by atoms with van der Waals surface area (Å²) in [5, 5.41) is 1.95. The molecule has 0 aromatic heterocycles. The molecule has 12 heteroatoms. The van der Waals surface area contributed by atoms with Crippen molar-refractivity contribution in [1.82, 2.24) is 4.72 Å². The fraction of sp³-hybridized carbons (Fsp3) is 0.133. The molecule has 1 unspecified atom stereocenters. The van der Waals surface area contributed by atoms with Gasteiger partial charge in [0.05, 0.1) is 15.3 Å². The zero-order valence-corrected chi connectivity index (χ0v) is 15.4. The van der Waals surface area contributed by atoms with Gasteiger partial charge in [-0.1, -0.05) is 28.0 Å². The molecule has 0 aliphatic heterocycles. The van der Waals surface area contributed by atoms with Crippen LogP contribution in [0.5, 0.6) is 0 Å². The smallest absolute Gasteiger partial charge is 0.307 e. The van der Waals surface area contributed by atoms with E-state index in [4.69, 9.17) is 0 Å². The zero-order valence-electron chi connectivity index (χ0n) is 13.7. The summed E-state index contributed by atoms with van der Waals surface area (Å²) in [5.41, 5.74) is -1.30. The zero-order chi connectivity index (χ0) is 20.3. The summed E-state index contributed by atoms with van der Waals surface area (Å²) in [6.07, 6.45) is -3.55. The lowest BCUT2D eigenvalue weighted by atomic mass is 10.2. The van der Waals surface area contributed by atoms with Crippen LogP contribution in [-0.4, -0.2) is 24.9 Å². The molecular formula is C15H14F3N3O4S2. The number of nitrogens with zero attached hydrogens (tertiary/aromatic N) is 1. The summed E-state index contributed by atoms with van der Waals surface area (Å²) in [6, 6.07) is 9.79. The highest BCUT2D eigenvalue weighted by atomic mass is 32.3. The van der Waals surface area contributed by atoms with E-state index in [-0.39, 0.29) is 10.6 Å². The van der Waals surface area contributed by atoms with Gasteiger partial charge < -0.3 is 5.32 Å². The third kappa shape index (κ3) is 5.96. The van der Waals surface area contributed by atoms with E-state index in [1.165, 1.54) is 29.0 Å². The molecule has 0 aliphatic carbocycles. The first kappa shape index (κ1) is 20.7. The van der Waals surface area contributed by atoms with Crippen molar-refractivity contribution in [2.75, 3.05) is 11.6 Å². The molecule has 0 spiro atoms. The third-order valence-electron chi connectivity index (χ3n) is 3.09. The van der Waals surface area contributed by atoms with Crippen LogP contribution in [0.3, 0.4) is 0 Å². The van der Waals surface area contributed by atoms with Crippen molar-refractivity contribution >= 4 is 31.7 Å². The quantitative estimate of drug-likeness (QED) is 0.791. The van der Waals surface area contributed by atoms with Crippen molar-refractivity contribution in [2.24, 2.45) is 3.77 Å². The number of alkyl halides is 3. The molecule has 0 saturated heterocycles. The Hall–Kier alpha value is -2.60. The van der Waals surface area contributed by atoms with Crippen LogP contribution < -0.4 is 10.0 Å². The molecule has 0 radical (unpaired) electrons. The Morgan fingerprint density at radius 2 is 1.63 bits per heavy atom. The van der Waals surface area contributed by atoms with Gasteiger partial charge in [0, 0.05) is 16.8 Å². The van der Waals surface area contributed by atoms with Crippen LogP contribution in [0.15, 0.2) is 63.3 Å². The van der Waals surface area contributed by atoms with Crippen LogP contribution in [0.4, 0.5) is 23.7 Å². The number of carbonyl (C=O) groups excluding carboxylic acids is 1. The Kier molecular flexibility index (Phi) is 5.80. The molecule has 0 bridgehead atoms. The first-order chi connectivity index (χ1) is 12.4. The summed E-state index contributed by atoms with van der Waals surface area (Å²) in [5.74, 6) is 0. The van der Waals surface area contributed by atoms with Crippen molar-refractivity contribution in [3.63, 3.8) is 0 Å². The lowest BCUT2D eigenvalue weighted by Gasteiger charge is -2.10. The van der Waals surface area contributed by atoms with Gasteiger partial charge in [0.1, 0.15) is 0 Å². The van der Waals surface area contributed by atoms with Gasteiger partial charge in [0.2, 0.25) is 0 Å². The average molecular weight is 421 g/mol. The van der Waals surface area contributed by atoms with Gasteiger partial charge in [-0.3, -0.25) is 0 Å². The standard InChI is InChI=1S/C15H14F3N3O4S2/c1-26(23,13-8-3-2-4-9-13)21-27(24,25)20-14(22)19-12-7-5-6-11(10-12)15(16,17)18/h2-10H,1H3,(H2,19,20,22). The van der Waals surface area contributed by atoms with Crippen molar-refractivity contribution in [3.05, 3.63) is 60.2 Å². The van der Waals surface area contributed by atoms with E-state index >= 15 is 0 Å². The predicted octanol–water partition coefficient (Wildman–Crippen LogP) is 3.23. The second-order valence-electron chi connectivity index (χ2n) is 5.30. The Balaban J connectivity index is 2.18. The molecule has 2 amide bonds. The summed E-state index contributed by atoms with van der Waals surface area (Å²) in [4.78, 5) is 11.9. The van der Waals surface area contributed by atoms with E-state index in [1.54, 1.807) is 6.07 Å². The average Bonchev–Trinajstić information content (AvgIpc) is 2.53. The molecular weight excluding hydrogens is 407 g/mol. The second kappa shape index (κ2) is 7.56. The first-order valence-corrected chi connectivity index (χ1v) is 10.5. The van der Waals surface area contributed by atoms with E-state index in [2.05, 4.69) is 3.77 Å². The Bertz CT molecular complexity index is 1060. The number of halogens is 3. The third-order valence-corrected chi connectivity index (χ3v) is 6.60. The monoisotopic (exact) mass is 421 g/mol. The van der Waals surface area contributed by atoms with E-state index < -0.39 is 37.7 Å². The van der Waals surface area contributed by atoms with Crippen LogP contribution >= 0.6 is 0 Å². The van der Waals surface area contributed by atoms with Crippen LogP contribution in [0, 0.1) is 0 Å². The molecule has 2 rings (SSSR count). The molecule has 146 valence electrons. The Morgan fingerprint density at radius 1 is 1.00 bits per heavy atom. The van der Waals surface area contributed by atoms with Gasteiger partial charge >= 0.3 is 22.4 Å². The van der Waals surface area contributed by atoms with Crippen LogP contribution in [0.1, 0.15) is 5.56 Å². The molecule has 0 heterocycles. The van der Waals surface area contributed by atoms with E-state index in [1.807, 2.05) is 5.32 Å². The highest BCUT2D eigenvalue weighted by Crippen LogP contribution is 2.30. The number of hydrogen-bond acceptors (Lipinski definition) is 4. The Morgan fingerprint density at radius 3 is 2.22 bits per heavy atom. The van der Waals surface area contributed by atoms with Gasteiger partial charge in [-0.05, 0) is 30.3 Å². The highest BCUT2D eigenvalue weighted by molar-refractivity contribution is 8.02. The maximum Gasteiger partial charge on any atom is 0.416 e. The largest absolute Gasteiger partial charge is 0.416 e. The molecule has 0 aliphatic rings. The summed E-state index contributed by atoms with van der Waals surface area (Å²) < 4.78 is 79.0. The summed E-state index contributed by atoms with van der Waals surface area (Å²) in [7, 11) is -8.05. The van der Waals surface area contributed by atoms with E-state index in [0.29, 0.717) is 6.07 Å². The molecule has 2 N–H and O–H groups in total. The fourth-order valence-electron chi connectivity index (χ4n) is 1.97. The Labute approximate surface area is 154 Å². The number of nitrogens with one attached hydrogen (secondary N) is 2. The molecule has 7 nitrogen and oxygen atoms in total. The van der Waals surface area contributed by atoms with Gasteiger partial charge in [-0.15, -0.1) is 0 Å². The second-order valence-corrected chi connectivity index (χ2v) is 9.13. The maximum absolute atomic E-state index is 12.7. The van der Waals surface area contributed by atoms with Crippen molar-refractivity contribution in [2.45, 2.75) is 11.1 Å². The highest BCUT2D eigenvalue weighted by Gasteiger charge is 2.30. The number of amides is 2. The fourth-order valence-corrected chi connectivity index (χ4v) is 4.91. The minimum absolute atomic E-state index is 0.133. The van der Waals surface area contributed by atoms with Crippen LogP contribution in [0.25, 0.3) is 0 Å². The first-order valence-electron chi connectivity index (χ1n) is 7.18. The minimum atomic E-state index is -4.68. The SMILES string of the molecule is CS(=O)(=NS(=O)(=O)NC(=O)Nc1cccc(C(F)(F)F)c1)c1ccccc1. The van der Waals surface area contributed by atoms with Crippen LogP contribution in [0.2, 0.25) is 0 Å². The topological polar surface area (TPSA) is 105 Å². The van der Waals surface area contributed by atoms with Crippen molar-refractivity contribution in [1.29, 1.82) is 0 Å². The number of rotatable bonds is 4. The molecule has 27 heavy (non-hydrogen) atoms. The van der Waals surface area contributed by atoms with Crippen LogP contribution in [-0.2, 0) is 26.1 Å². The number of anilines is 1. The normalized spacial score (nSPS) is 14.1. The lowest BCUT2D eigenvalue weighted by molar-refractivity contribution is -0.137. The number of carbonyl (C=O) groups is 1. The maximum atomic E-state index is 12.7. The van der Waals surface area contributed by atoms with Gasteiger partial charge in [0.25, 0.3) is 0 Å². The predicted molar refractivity (Wildman–Crippen MR) is 93.7 cm³/mol. The number of urea groups is 1. The summed E-state index contributed by atoms with van der Waals surface area (Å²) in [6.45, 7) is 0.